The molecule has 0 radical (unpaired) electrons. The zero-order chi connectivity index (χ0) is 16.9. The number of hydrogen-bond donors (Lipinski definition) is 5. The van der Waals surface area contributed by atoms with Crippen LogP contribution in [-0.4, -0.2) is 57.9 Å². The molecule has 1 rings (SSSR count). The van der Waals surface area contributed by atoms with E-state index >= 15 is 0 Å². The molecule has 0 aromatic heterocycles. The predicted octanol–water partition coefficient (Wildman–Crippen LogP) is 1.71. The van der Waals surface area contributed by atoms with Gasteiger partial charge in [-0.1, -0.05) is 51.4 Å². The standard InChI is InChI=1S/C18H37NO4/c20-13-16(22)10-8-6-4-2-1-3-5-7-9-15-11-12-18(23)17(14-21)19-15/h15-23H,1-14H2/t15-,16-,17+,18+/m1/s1. The van der Waals surface area contributed by atoms with Crippen LogP contribution < -0.4 is 5.32 Å². The zero-order valence-corrected chi connectivity index (χ0v) is 14.5. The van der Waals surface area contributed by atoms with E-state index < -0.39 is 12.2 Å². The summed E-state index contributed by atoms with van der Waals surface area (Å²) in [6.07, 6.45) is 12.4. The van der Waals surface area contributed by atoms with E-state index in [-0.39, 0.29) is 19.3 Å². The normalized spacial score (nSPS) is 26.3. The third kappa shape index (κ3) is 9.62. The van der Waals surface area contributed by atoms with Gasteiger partial charge < -0.3 is 25.7 Å². The van der Waals surface area contributed by atoms with Gasteiger partial charge in [0.2, 0.25) is 0 Å². The van der Waals surface area contributed by atoms with Gasteiger partial charge in [0.1, 0.15) is 0 Å². The van der Waals surface area contributed by atoms with Crippen LogP contribution >= 0.6 is 0 Å². The molecule has 1 fully saturated rings. The molecule has 1 saturated heterocycles. The largest absolute Gasteiger partial charge is 0.395 e. The van der Waals surface area contributed by atoms with Gasteiger partial charge in [0, 0.05) is 6.04 Å². The second kappa shape index (κ2) is 13.1. The minimum absolute atomic E-state index is 0.0208. The fourth-order valence-corrected chi connectivity index (χ4v) is 3.39. The SMILES string of the molecule is OC[C@H](O)CCCCCCCCCC[C@@H]1CC[C@H](O)[C@H](CO)N1. The van der Waals surface area contributed by atoms with Crippen molar-refractivity contribution in [1.82, 2.24) is 5.32 Å². The van der Waals surface area contributed by atoms with Crippen molar-refractivity contribution in [3.8, 4) is 0 Å². The van der Waals surface area contributed by atoms with E-state index in [1.165, 1.54) is 38.5 Å². The first kappa shape index (κ1) is 20.8. The number of nitrogens with one attached hydrogen (secondary N) is 1. The molecule has 4 atom stereocenters. The first-order valence-electron chi connectivity index (χ1n) is 9.51. The summed E-state index contributed by atoms with van der Waals surface area (Å²) in [5.41, 5.74) is 0. The summed E-state index contributed by atoms with van der Waals surface area (Å²) in [5.74, 6) is 0. The second-order valence-electron chi connectivity index (χ2n) is 7.04. The molecule has 1 aliphatic heterocycles. The number of hydrogen-bond acceptors (Lipinski definition) is 5. The Morgan fingerprint density at radius 2 is 1.48 bits per heavy atom. The van der Waals surface area contributed by atoms with Crippen molar-refractivity contribution in [1.29, 1.82) is 0 Å². The minimum atomic E-state index is -0.532. The molecule has 0 spiro atoms. The monoisotopic (exact) mass is 331 g/mol. The molecule has 5 N–H and O–H groups in total. The molecule has 0 bridgehead atoms. The minimum Gasteiger partial charge on any atom is -0.395 e. The van der Waals surface area contributed by atoms with E-state index in [0.717, 1.165) is 32.1 Å². The van der Waals surface area contributed by atoms with E-state index in [0.29, 0.717) is 12.5 Å². The average molecular weight is 331 g/mol. The number of unbranched alkanes of at least 4 members (excludes halogenated alkanes) is 7. The van der Waals surface area contributed by atoms with Crippen molar-refractivity contribution in [3.05, 3.63) is 0 Å². The molecular formula is C18H37NO4. The summed E-state index contributed by atoms with van der Waals surface area (Å²) in [7, 11) is 0. The molecule has 23 heavy (non-hydrogen) atoms. The first-order valence-corrected chi connectivity index (χ1v) is 9.51. The molecular weight excluding hydrogens is 294 g/mol. The first-order chi connectivity index (χ1) is 11.2. The summed E-state index contributed by atoms with van der Waals surface area (Å²) >= 11 is 0. The topological polar surface area (TPSA) is 93.0 Å². The molecule has 0 aliphatic carbocycles. The van der Waals surface area contributed by atoms with Crippen LogP contribution in [0.3, 0.4) is 0 Å². The average Bonchev–Trinajstić information content (AvgIpc) is 2.57. The molecule has 5 nitrogen and oxygen atoms in total. The van der Waals surface area contributed by atoms with Gasteiger partial charge in [-0.3, -0.25) is 0 Å². The molecule has 138 valence electrons. The highest BCUT2D eigenvalue weighted by molar-refractivity contribution is 4.86. The molecule has 1 heterocycles. The van der Waals surface area contributed by atoms with Gasteiger partial charge in [-0.05, 0) is 25.7 Å². The van der Waals surface area contributed by atoms with Crippen LogP contribution in [0, 0.1) is 0 Å². The van der Waals surface area contributed by atoms with Crippen LogP contribution in [0.2, 0.25) is 0 Å². The molecule has 0 amide bonds. The Kier molecular flexibility index (Phi) is 11.9. The van der Waals surface area contributed by atoms with Crippen LogP contribution in [0.25, 0.3) is 0 Å². The lowest BCUT2D eigenvalue weighted by atomic mass is 9.93. The lowest BCUT2D eigenvalue weighted by Crippen LogP contribution is -2.52. The molecule has 0 aromatic carbocycles. The van der Waals surface area contributed by atoms with Gasteiger partial charge in [-0.25, -0.2) is 0 Å². The number of rotatable bonds is 13. The summed E-state index contributed by atoms with van der Waals surface area (Å²) in [6, 6.07) is 0.312. The molecule has 0 unspecified atom stereocenters. The second-order valence-corrected chi connectivity index (χ2v) is 7.04. The van der Waals surface area contributed by atoms with Crippen molar-refractivity contribution in [2.24, 2.45) is 0 Å². The van der Waals surface area contributed by atoms with Crippen LogP contribution in [0.1, 0.15) is 77.0 Å². The van der Waals surface area contributed by atoms with Crippen LogP contribution in [-0.2, 0) is 0 Å². The van der Waals surface area contributed by atoms with E-state index in [4.69, 9.17) is 5.11 Å². The quantitative estimate of drug-likeness (QED) is 0.331. The summed E-state index contributed by atoms with van der Waals surface area (Å²) < 4.78 is 0. The third-order valence-corrected chi connectivity index (χ3v) is 4.97. The number of aliphatic hydroxyl groups excluding tert-OH is 4. The highest BCUT2D eigenvalue weighted by atomic mass is 16.3. The highest BCUT2D eigenvalue weighted by Gasteiger charge is 2.27. The molecule has 5 heteroatoms. The van der Waals surface area contributed by atoms with Gasteiger partial charge in [-0.2, -0.15) is 0 Å². The van der Waals surface area contributed by atoms with Gasteiger partial charge in [-0.15, -0.1) is 0 Å². The highest BCUT2D eigenvalue weighted by Crippen LogP contribution is 2.18. The fraction of sp³-hybridized carbons (Fsp3) is 1.00. The van der Waals surface area contributed by atoms with Crippen LogP contribution in [0.15, 0.2) is 0 Å². The summed E-state index contributed by atoms with van der Waals surface area (Å²) in [4.78, 5) is 0. The predicted molar refractivity (Wildman–Crippen MR) is 92.3 cm³/mol. The zero-order valence-electron chi connectivity index (χ0n) is 14.5. The maximum atomic E-state index is 9.71. The number of aliphatic hydroxyl groups is 4. The summed E-state index contributed by atoms with van der Waals surface area (Å²) in [6.45, 7) is -0.0964. The molecule has 1 aliphatic rings. The maximum Gasteiger partial charge on any atom is 0.0770 e. The fourth-order valence-electron chi connectivity index (χ4n) is 3.39. The van der Waals surface area contributed by atoms with Crippen molar-refractivity contribution in [3.63, 3.8) is 0 Å². The maximum absolute atomic E-state index is 9.71. The van der Waals surface area contributed by atoms with Crippen LogP contribution in [0.4, 0.5) is 0 Å². The Labute approximate surface area is 141 Å². The lowest BCUT2D eigenvalue weighted by Gasteiger charge is -2.34. The number of piperidine rings is 1. The van der Waals surface area contributed by atoms with Crippen molar-refractivity contribution >= 4 is 0 Å². The van der Waals surface area contributed by atoms with Crippen molar-refractivity contribution in [2.75, 3.05) is 13.2 Å². The van der Waals surface area contributed by atoms with Crippen molar-refractivity contribution < 1.29 is 20.4 Å². The molecule has 0 saturated carbocycles. The Bertz CT molecular complexity index is 278. The van der Waals surface area contributed by atoms with E-state index in [9.17, 15) is 15.3 Å². The van der Waals surface area contributed by atoms with Gasteiger partial charge in [0.15, 0.2) is 0 Å². The van der Waals surface area contributed by atoms with E-state index in [1.54, 1.807) is 0 Å². The molecule has 0 aromatic rings. The third-order valence-electron chi connectivity index (χ3n) is 4.97. The van der Waals surface area contributed by atoms with E-state index in [2.05, 4.69) is 5.32 Å². The van der Waals surface area contributed by atoms with Crippen molar-refractivity contribution in [2.45, 2.75) is 101 Å². The Morgan fingerprint density at radius 1 is 0.870 bits per heavy atom. The van der Waals surface area contributed by atoms with Gasteiger partial charge >= 0.3 is 0 Å². The Hall–Kier alpha value is -0.200. The van der Waals surface area contributed by atoms with Crippen LogP contribution in [0.5, 0.6) is 0 Å². The van der Waals surface area contributed by atoms with Gasteiger partial charge in [0.05, 0.1) is 31.5 Å². The Balaban J connectivity index is 1.86. The Morgan fingerprint density at radius 3 is 2.09 bits per heavy atom. The van der Waals surface area contributed by atoms with Gasteiger partial charge in [0.25, 0.3) is 0 Å². The summed E-state index contributed by atoms with van der Waals surface area (Å²) in [5, 5.41) is 40.2. The smallest absolute Gasteiger partial charge is 0.0770 e. The lowest BCUT2D eigenvalue weighted by molar-refractivity contribution is 0.0482. The van der Waals surface area contributed by atoms with E-state index in [1.807, 2.05) is 0 Å².